The van der Waals surface area contributed by atoms with Gasteiger partial charge in [0, 0.05) is 22.7 Å². The Labute approximate surface area is 110 Å². The smallest absolute Gasteiger partial charge is 0.335 e. The lowest BCUT2D eigenvalue weighted by Crippen LogP contribution is -2.36. The summed E-state index contributed by atoms with van der Waals surface area (Å²) < 4.78 is 0. The summed E-state index contributed by atoms with van der Waals surface area (Å²) in [6.45, 7) is 3.46. The molecule has 98 valence electrons. The van der Waals surface area contributed by atoms with Gasteiger partial charge in [-0.3, -0.25) is 4.79 Å². The van der Waals surface area contributed by atoms with Gasteiger partial charge in [0.25, 0.3) is 0 Å². The average Bonchev–Trinajstić information content (AvgIpc) is 2.12. The SMILES string of the molecule is CC(C)(N)CC(=O)Nc1cc(Cl)cc(C(=O)O)c1. The Bertz CT molecular complexity index is 481. The van der Waals surface area contributed by atoms with Crippen LogP contribution in [-0.2, 0) is 4.79 Å². The van der Waals surface area contributed by atoms with Gasteiger partial charge < -0.3 is 16.2 Å². The minimum Gasteiger partial charge on any atom is -0.478 e. The fourth-order valence-electron chi connectivity index (χ4n) is 1.40. The molecular formula is C12H15ClN2O3. The third kappa shape index (κ3) is 4.73. The molecule has 0 saturated heterocycles. The normalized spacial score (nSPS) is 11.1. The molecule has 0 aliphatic rings. The largest absolute Gasteiger partial charge is 0.478 e. The summed E-state index contributed by atoms with van der Waals surface area (Å²) in [5, 5.41) is 11.7. The number of anilines is 1. The fraction of sp³-hybridized carbons (Fsp3) is 0.333. The van der Waals surface area contributed by atoms with Gasteiger partial charge in [-0.05, 0) is 32.0 Å². The zero-order valence-electron chi connectivity index (χ0n) is 10.2. The number of carbonyl (C=O) groups is 2. The Balaban J connectivity index is 2.85. The first-order valence-electron chi connectivity index (χ1n) is 5.30. The molecule has 0 saturated carbocycles. The number of hydrogen-bond acceptors (Lipinski definition) is 3. The highest BCUT2D eigenvalue weighted by Gasteiger charge is 2.17. The van der Waals surface area contributed by atoms with Crippen LogP contribution in [0.1, 0.15) is 30.6 Å². The maximum atomic E-state index is 11.6. The number of carboxylic acid groups (broad SMARTS) is 1. The maximum absolute atomic E-state index is 11.6. The van der Waals surface area contributed by atoms with E-state index in [9.17, 15) is 9.59 Å². The second-order valence-electron chi connectivity index (χ2n) is 4.75. The molecule has 4 N–H and O–H groups in total. The van der Waals surface area contributed by atoms with Crippen molar-refractivity contribution in [2.45, 2.75) is 25.8 Å². The zero-order chi connectivity index (χ0) is 13.9. The van der Waals surface area contributed by atoms with Crippen LogP contribution in [0.5, 0.6) is 0 Å². The van der Waals surface area contributed by atoms with Gasteiger partial charge >= 0.3 is 5.97 Å². The predicted octanol–water partition coefficient (Wildman–Crippen LogP) is 2.10. The summed E-state index contributed by atoms with van der Waals surface area (Å²) in [7, 11) is 0. The number of carbonyl (C=O) groups excluding carboxylic acids is 1. The van der Waals surface area contributed by atoms with Gasteiger partial charge in [-0.2, -0.15) is 0 Å². The molecule has 0 spiro atoms. The van der Waals surface area contributed by atoms with E-state index in [4.69, 9.17) is 22.4 Å². The van der Waals surface area contributed by atoms with Crippen LogP contribution in [0.25, 0.3) is 0 Å². The summed E-state index contributed by atoms with van der Waals surface area (Å²) in [5.41, 5.74) is 5.45. The van der Waals surface area contributed by atoms with E-state index in [0.717, 1.165) is 0 Å². The van der Waals surface area contributed by atoms with Gasteiger partial charge in [0.2, 0.25) is 5.91 Å². The molecule has 0 aliphatic carbocycles. The minimum atomic E-state index is -1.10. The summed E-state index contributed by atoms with van der Waals surface area (Å²) in [6, 6.07) is 4.14. The second kappa shape index (κ2) is 5.37. The lowest BCUT2D eigenvalue weighted by molar-refractivity contribution is -0.117. The van der Waals surface area contributed by atoms with E-state index in [1.54, 1.807) is 13.8 Å². The lowest BCUT2D eigenvalue weighted by Gasteiger charge is -2.17. The van der Waals surface area contributed by atoms with Gasteiger partial charge in [-0.15, -0.1) is 0 Å². The number of nitrogens with one attached hydrogen (secondary N) is 1. The van der Waals surface area contributed by atoms with Crippen LogP contribution in [0.3, 0.4) is 0 Å². The van der Waals surface area contributed by atoms with Crippen molar-refractivity contribution in [3.05, 3.63) is 28.8 Å². The molecular weight excluding hydrogens is 256 g/mol. The highest BCUT2D eigenvalue weighted by molar-refractivity contribution is 6.31. The highest BCUT2D eigenvalue weighted by Crippen LogP contribution is 2.20. The number of rotatable bonds is 4. The topological polar surface area (TPSA) is 92.4 Å². The van der Waals surface area contributed by atoms with Crippen LogP contribution >= 0.6 is 11.6 Å². The average molecular weight is 271 g/mol. The number of nitrogens with two attached hydrogens (primary N) is 1. The molecule has 1 aromatic rings. The minimum absolute atomic E-state index is 0.0183. The van der Waals surface area contributed by atoms with Crippen molar-refractivity contribution in [2.24, 2.45) is 5.73 Å². The zero-order valence-corrected chi connectivity index (χ0v) is 10.9. The molecule has 6 heteroatoms. The number of halogens is 1. The van der Waals surface area contributed by atoms with E-state index in [0.29, 0.717) is 5.69 Å². The first-order valence-corrected chi connectivity index (χ1v) is 5.68. The molecule has 0 aromatic heterocycles. The maximum Gasteiger partial charge on any atom is 0.335 e. The van der Waals surface area contributed by atoms with Crippen molar-refractivity contribution in [2.75, 3.05) is 5.32 Å². The van der Waals surface area contributed by atoms with Crippen LogP contribution < -0.4 is 11.1 Å². The molecule has 1 rings (SSSR count). The number of hydrogen-bond donors (Lipinski definition) is 3. The summed E-state index contributed by atoms with van der Waals surface area (Å²) in [4.78, 5) is 22.5. The van der Waals surface area contributed by atoms with E-state index in [1.807, 2.05) is 0 Å². The molecule has 0 aliphatic heterocycles. The summed E-state index contributed by atoms with van der Waals surface area (Å²) in [5.74, 6) is -1.40. The molecule has 0 unspecified atom stereocenters. The molecule has 1 amide bonds. The van der Waals surface area contributed by atoms with E-state index in [-0.39, 0.29) is 22.9 Å². The van der Waals surface area contributed by atoms with Gasteiger partial charge in [0.05, 0.1) is 5.56 Å². The first kappa shape index (κ1) is 14.5. The number of benzene rings is 1. The van der Waals surface area contributed by atoms with Gasteiger partial charge in [0.15, 0.2) is 0 Å². The Morgan fingerprint density at radius 3 is 2.50 bits per heavy atom. The van der Waals surface area contributed by atoms with Gasteiger partial charge in [-0.25, -0.2) is 4.79 Å². The number of amides is 1. The Kier molecular flexibility index (Phi) is 4.32. The van der Waals surface area contributed by atoms with E-state index in [1.165, 1.54) is 18.2 Å². The molecule has 0 radical (unpaired) electrons. The monoisotopic (exact) mass is 270 g/mol. The molecule has 5 nitrogen and oxygen atoms in total. The van der Waals surface area contributed by atoms with Crippen LogP contribution in [0, 0.1) is 0 Å². The number of aromatic carboxylic acids is 1. The Morgan fingerprint density at radius 1 is 1.39 bits per heavy atom. The molecule has 18 heavy (non-hydrogen) atoms. The molecule has 1 aromatic carbocycles. The van der Waals surface area contributed by atoms with Crippen molar-refractivity contribution in [1.29, 1.82) is 0 Å². The van der Waals surface area contributed by atoms with Crippen LogP contribution in [0.15, 0.2) is 18.2 Å². The molecule has 0 fully saturated rings. The highest BCUT2D eigenvalue weighted by atomic mass is 35.5. The third-order valence-corrected chi connectivity index (χ3v) is 2.26. The predicted molar refractivity (Wildman–Crippen MR) is 69.9 cm³/mol. The summed E-state index contributed by atoms with van der Waals surface area (Å²) >= 11 is 5.77. The van der Waals surface area contributed by atoms with Crippen LogP contribution in [0.2, 0.25) is 5.02 Å². The van der Waals surface area contributed by atoms with Gasteiger partial charge in [-0.1, -0.05) is 11.6 Å². The second-order valence-corrected chi connectivity index (χ2v) is 5.18. The number of carboxylic acids is 1. The Hall–Kier alpha value is -1.59. The molecule has 0 atom stereocenters. The first-order chi connectivity index (χ1) is 8.17. The standard InChI is InChI=1S/C12H15ClN2O3/c1-12(2,14)6-10(16)15-9-4-7(11(17)18)3-8(13)5-9/h3-5H,6,14H2,1-2H3,(H,15,16)(H,17,18). The van der Waals surface area contributed by atoms with Crippen molar-refractivity contribution in [1.82, 2.24) is 0 Å². The quantitative estimate of drug-likeness (QED) is 0.781. The van der Waals surface area contributed by atoms with E-state index >= 15 is 0 Å². The van der Waals surface area contributed by atoms with Crippen molar-refractivity contribution < 1.29 is 14.7 Å². The summed E-state index contributed by atoms with van der Waals surface area (Å²) in [6.07, 6.45) is 0.127. The van der Waals surface area contributed by atoms with E-state index < -0.39 is 11.5 Å². The van der Waals surface area contributed by atoms with Crippen molar-refractivity contribution >= 4 is 29.2 Å². The van der Waals surface area contributed by atoms with Crippen molar-refractivity contribution in [3.63, 3.8) is 0 Å². The van der Waals surface area contributed by atoms with Crippen molar-refractivity contribution in [3.8, 4) is 0 Å². The van der Waals surface area contributed by atoms with Crippen LogP contribution in [0.4, 0.5) is 5.69 Å². The van der Waals surface area contributed by atoms with Crippen LogP contribution in [-0.4, -0.2) is 22.5 Å². The third-order valence-electron chi connectivity index (χ3n) is 2.04. The van der Waals surface area contributed by atoms with Gasteiger partial charge in [0.1, 0.15) is 0 Å². The molecule has 0 heterocycles. The lowest BCUT2D eigenvalue weighted by atomic mass is 10.0. The van der Waals surface area contributed by atoms with E-state index in [2.05, 4.69) is 5.32 Å². The fourth-order valence-corrected chi connectivity index (χ4v) is 1.64. The Morgan fingerprint density at radius 2 is 2.00 bits per heavy atom. The molecule has 0 bridgehead atoms.